The molecule has 1 heterocycles. The van der Waals surface area contributed by atoms with Crippen molar-refractivity contribution >= 4 is 12.4 Å². The SMILES string of the molecule is CC(N)C1CCCCN1Cc1cccc(C2CC2)c1.Cl. The van der Waals surface area contributed by atoms with Gasteiger partial charge in [0.1, 0.15) is 0 Å². The van der Waals surface area contributed by atoms with Gasteiger partial charge in [-0.05, 0) is 56.2 Å². The zero-order valence-corrected chi connectivity index (χ0v) is 13.2. The lowest BCUT2D eigenvalue weighted by molar-refractivity contribution is 0.123. The first-order valence-corrected chi connectivity index (χ1v) is 7.82. The second kappa shape index (κ2) is 6.93. The van der Waals surface area contributed by atoms with Crippen LogP contribution in [0.15, 0.2) is 24.3 Å². The molecule has 0 bridgehead atoms. The average Bonchev–Trinajstić information content (AvgIpc) is 3.24. The average molecular weight is 295 g/mol. The predicted molar refractivity (Wildman–Crippen MR) is 87.4 cm³/mol. The summed E-state index contributed by atoms with van der Waals surface area (Å²) < 4.78 is 0. The molecule has 2 N–H and O–H groups in total. The van der Waals surface area contributed by atoms with E-state index < -0.39 is 0 Å². The molecule has 112 valence electrons. The molecule has 1 aromatic rings. The van der Waals surface area contributed by atoms with Crippen molar-refractivity contribution < 1.29 is 0 Å². The Bertz CT molecular complexity index is 429. The van der Waals surface area contributed by atoms with Crippen LogP contribution in [0.4, 0.5) is 0 Å². The van der Waals surface area contributed by atoms with Crippen LogP contribution in [0.3, 0.4) is 0 Å². The maximum absolute atomic E-state index is 6.16. The molecule has 2 fully saturated rings. The summed E-state index contributed by atoms with van der Waals surface area (Å²) in [5.41, 5.74) is 9.18. The highest BCUT2D eigenvalue weighted by molar-refractivity contribution is 5.85. The number of halogens is 1. The van der Waals surface area contributed by atoms with Crippen molar-refractivity contribution in [3.63, 3.8) is 0 Å². The summed E-state index contributed by atoms with van der Waals surface area (Å²) in [6, 6.07) is 10.1. The van der Waals surface area contributed by atoms with Crippen molar-refractivity contribution in [2.24, 2.45) is 5.73 Å². The van der Waals surface area contributed by atoms with Crippen LogP contribution in [0.5, 0.6) is 0 Å². The highest BCUT2D eigenvalue weighted by atomic mass is 35.5. The molecule has 2 atom stereocenters. The third-order valence-electron chi connectivity index (χ3n) is 4.66. The van der Waals surface area contributed by atoms with Gasteiger partial charge in [-0.25, -0.2) is 0 Å². The van der Waals surface area contributed by atoms with E-state index in [1.807, 2.05) is 0 Å². The van der Waals surface area contributed by atoms with Gasteiger partial charge in [-0.1, -0.05) is 30.7 Å². The van der Waals surface area contributed by atoms with Crippen LogP contribution in [0.1, 0.15) is 56.1 Å². The van der Waals surface area contributed by atoms with Crippen LogP contribution in [0, 0.1) is 0 Å². The molecule has 1 aliphatic heterocycles. The Hall–Kier alpha value is -0.570. The van der Waals surface area contributed by atoms with E-state index in [9.17, 15) is 0 Å². The van der Waals surface area contributed by atoms with Gasteiger partial charge >= 0.3 is 0 Å². The Kier molecular flexibility index (Phi) is 5.48. The number of benzene rings is 1. The summed E-state index contributed by atoms with van der Waals surface area (Å²) in [4.78, 5) is 2.60. The molecule has 20 heavy (non-hydrogen) atoms. The van der Waals surface area contributed by atoms with Gasteiger partial charge in [0.15, 0.2) is 0 Å². The molecule has 1 saturated carbocycles. The van der Waals surface area contributed by atoms with Gasteiger partial charge in [0.2, 0.25) is 0 Å². The zero-order valence-electron chi connectivity index (χ0n) is 12.4. The van der Waals surface area contributed by atoms with Crippen LogP contribution >= 0.6 is 12.4 Å². The Balaban J connectivity index is 0.00000147. The molecule has 3 rings (SSSR count). The molecule has 2 aliphatic rings. The maximum atomic E-state index is 6.16. The molecule has 0 aromatic heterocycles. The lowest BCUT2D eigenvalue weighted by Crippen LogP contribution is -2.48. The number of nitrogens with two attached hydrogens (primary N) is 1. The second-order valence-corrected chi connectivity index (χ2v) is 6.41. The lowest BCUT2D eigenvalue weighted by atomic mass is 9.96. The number of likely N-dealkylation sites (tertiary alicyclic amines) is 1. The number of piperidine rings is 1. The van der Waals surface area contributed by atoms with Crippen molar-refractivity contribution in [1.29, 1.82) is 0 Å². The third kappa shape index (κ3) is 3.75. The van der Waals surface area contributed by atoms with Crippen LogP contribution in [0.2, 0.25) is 0 Å². The first-order chi connectivity index (χ1) is 9.24. The lowest BCUT2D eigenvalue weighted by Gasteiger charge is -2.38. The minimum Gasteiger partial charge on any atom is -0.327 e. The van der Waals surface area contributed by atoms with E-state index in [0.29, 0.717) is 6.04 Å². The third-order valence-corrected chi connectivity index (χ3v) is 4.66. The van der Waals surface area contributed by atoms with Gasteiger partial charge in [-0.2, -0.15) is 0 Å². The van der Waals surface area contributed by atoms with E-state index in [1.54, 1.807) is 5.56 Å². The normalized spacial score (nSPS) is 25.0. The molecule has 1 aromatic carbocycles. The number of hydrogen-bond donors (Lipinski definition) is 1. The highest BCUT2D eigenvalue weighted by Crippen LogP contribution is 2.40. The van der Waals surface area contributed by atoms with Crippen LogP contribution in [-0.4, -0.2) is 23.5 Å². The Morgan fingerprint density at radius 3 is 2.75 bits per heavy atom. The van der Waals surface area contributed by atoms with E-state index in [2.05, 4.69) is 36.1 Å². The smallest absolute Gasteiger partial charge is 0.0248 e. The van der Waals surface area contributed by atoms with E-state index in [1.165, 1.54) is 44.2 Å². The van der Waals surface area contributed by atoms with Crippen LogP contribution in [0.25, 0.3) is 0 Å². The zero-order chi connectivity index (χ0) is 13.2. The summed E-state index contributed by atoms with van der Waals surface area (Å²) >= 11 is 0. The quantitative estimate of drug-likeness (QED) is 0.918. The van der Waals surface area contributed by atoms with Gasteiger partial charge in [-0.15, -0.1) is 12.4 Å². The molecular weight excluding hydrogens is 268 g/mol. The Labute approximate surface area is 129 Å². The van der Waals surface area contributed by atoms with Crippen molar-refractivity contribution in [2.75, 3.05) is 6.54 Å². The van der Waals surface area contributed by atoms with Gasteiger partial charge in [0.25, 0.3) is 0 Å². The van der Waals surface area contributed by atoms with Crippen molar-refractivity contribution in [3.05, 3.63) is 35.4 Å². The summed E-state index contributed by atoms with van der Waals surface area (Å²) in [5, 5.41) is 0. The van der Waals surface area contributed by atoms with Gasteiger partial charge in [0, 0.05) is 18.6 Å². The fourth-order valence-electron chi connectivity index (χ4n) is 3.41. The number of rotatable bonds is 4. The topological polar surface area (TPSA) is 29.3 Å². The van der Waals surface area contributed by atoms with Crippen LogP contribution in [-0.2, 0) is 6.54 Å². The molecule has 0 amide bonds. The van der Waals surface area contributed by atoms with Crippen molar-refractivity contribution in [1.82, 2.24) is 4.90 Å². The minimum absolute atomic E-state index is 0. The summed E-state index contributed by atoms with van der Waals surface area (Å²) in [6.07, 6.45) is 6.70. The van der Waals surface area contributed by atoms with E-state index in [4.69, 9.17) is 5.73 Å². The Morgan fingerprint density at radius 1 is 1.25 bits per heavy atom. The van der Waals surface area contributed by atoms with Crippen LogP contribution < -0.4 is 5.73 Å². The standard InChI is InChI=1S/C17H26N2.ClH/c1-13(18)17-7-2-3-10-19(17)12-14-5-4-6-16(11-14)15-8-9-15;/h4-6,11,13,15,17H,2-3,7-10,12,18H2,1H3;1H. The first kappa shape index (κ1) is 15.8. The Morgan fingerprint density at radius 2 is 2.05 bits per heavy atom. The fraction of sp³-hybridized carbons (Fsp3) is 0.647. The van der Waals surface area contributed by atoms with Gasteiger partial charge in [0.05, 0.1) is 0 Å². The number of nitrogens with zero attached hydrogens (tertiary/aromatic N) is 1. The molecule has 1 saturated heterocycles. The summed E-state index contributed by atoms with van der Waals surface area (Å²) in [6.45, 7) is 4.44. The molecule has 2 nitrogen and oxygen atoms in total. The molecule has 0 radical (unpaired) electrons. The summed E-state index contributed by atoms with van der Waals surface area (Å²) in [5.74, 6) is 0.852. The number of hydrogen-bond acceptors (Lipinski definition) is 2. The van der Waals surface area contributed by atoms with Gasteiger partial charge in [-0.3, -0.25) is 4.90 Å². The monoisotopic (exact) mass is 294 g/mol. The largest absolute Gasteiger partial charge is 0.327 e. The molecule has 0 spiro atoms. The molecule has 3 heteroatoms. The minimum atomic E-state index is 0. The second-order valence-electron chi connectivity index (χ2n) is 6.41. The van der Waals surface area contributed by atoms with E-state index in [-0.39, 0.29) is 18.4 Å². The van der Waals surface area contributed by atoms with Crippen molar-refractivity contribution in [3.8, 4) is 0 Å². The summed E-state index contributed by atoms with van der Waals surface area (Å²) in [7, 11) is 0. The van der Waals surface area contributed by atoms with E-state index >= 15 is 0 Å². The fourth-order valence-corrected chi connectivity index (χ4v) is 3.41. The highest BCUT2D eigenvalue weighted by Gasteiger charge is 2.26. The maximum Gasteiger partial charge on any atom is 0.0248 e. The predicted octanol–water partition coefficient (Wildman–Crippen LogP) is 3.69. The first-order valence-electron chi connectivity index (χ1n) is 7.82. The van der Waals surface area contributed by atoms with E-state index in [0.717, 1.165) is 12.5 Å². The van der Waals surface area contributed by atoms with Crippen molar-refractivity contribution in [2.45, 2.75) is 63.6 Å². The molecule has 2 unspecified atom stereocenters. The van der Waals surface area contributed by atoms with Gasteiger partial charge < -0.3 is 5.73 Å². The molecular formula is C17H27ClN2. The molecule has 1 aliphatic carbocycles.